The lowest BCUT2D eigenvalue weighted by molar-refractivity contribution is -0.179. The summed E-state index contributed by atoms with van der Waals surface area (Å²) in [5, 5.41) is 28.5. The van der Waals surface area contributed by atoms with E-state index in [0.29, 0.717) is 0 Å². The first-order chi connectivity index (χ1) is 9.74. The van der Waals surface area contributed by atoms with Crippen LogP contribution in [0, 0.1) is 68.5 Å². The number of hydrogen-bond acceptors (Lipinski definition) is 5. The van der Waals surface area contributed by atoms with Crippen molar-refractivity contribution < 1.29 is 9.53 Å². The highest BCUT2D eigenvalue weighted by molar-refractivity contribution is 5.76. The predicted octanol–water partition coefficient (Wildman–Crippen LogP) is 2.65. The van der Waals surface area contributed by atoms with Gasteiger partial charge < -0.3 is 4.74 Å². The highest BCUT2D eigenvalue weighted by Gasteiger charge is 2.71. The van der Waals surface area contributed by atoms with Crippen LogP contribution in [0.4, 0.5) is 0 Å². The second-order valence-corrected chi connectivity index (χ2v) is 6.47. The van der Waals surface area contributed by atoms with E-state index in [1.54, 1.807) is 6.92 Å². The maximum Gasteiger partial charge on any atom is 0.323 e. The zero-order valence-corrected chi connectivity index (χ0v) is 13.2. The van der Waals surface area contributed by atoms with Crippen LogP contribution >= 0.6 is 0 Å². The molecule has 0 amide bonds. The summed E-state index contributed by atoms with van der Waals surface area (Å²) in [6, 6.07) is 6.14. The Morgan fingerprint density at radius 3 is 2.05 bits per heavy atom. The summed E-state index contributed by atoms with van der Waals surface area (Å²) in [6.45, 7) is 9.58. The third kappa shape index (κ3) is 2.26. The van der Waals surface area contributed by atoms with Gasteiger partial charge in [0.05, 0.1) is 24.8 Å². The minimum atomic E-state index is -1.31. The molecule has 5 heteroatoms. The Labute approximate surface area is 126 Å². The molecule has 0 radical (unpaired) electrons. The molecule has 1 fully saturated rings. The average molecular weight is 287 g/mol. The van der Waals surface area contributed by atoms with Crippen LogP contribution in [-0.2, 0) is 9.53 Å². The molecule has 0 heterocycles. The van der Waals surface area contributed by atoms with Gasteiger partial charge in [0.2, 0.25) is 0 Å². The summed E-state index contributed by atoms with van der Waals surface area (Å²) < 4.78 is 4.94. The zero-order valence-electron chi connectivity index (χ0n) is 13.2. The molecule has 0 aliphatic heterocycles. The van der Waals surface area contributed by atoms with Gasteiger partial charge in [-0.3, -0.25) is 4.79 Å². The maximum absolute atomic E-state index is 12.0. The molecule has 0 spiro atoms. The van der Waals surface area contributed by atoms with Crippen LogP contribution in [0.2, 0.25) is 0 Å². The van der Waals surface area contributed by atoms with Crippen LogP contribution in [-0.4, -0.2) is 12.6 Å². The van der Waals surface area contributed by atoms with E-state index in [-0.39, 0.29) is 18.4 Å². The number of ether oxygens (including phenoxy) is 1. The molecule has 0 bridgehead atoms. The van der Waals surface area contributed by atoms with E-state index in [9.17, 15) is 20.6 Å². The predicted molar refractivity (Wildman–Crippen MR) is 75.0 cm³/mol. The summed E-state index contributed by atoms with van der Waals surface area (Å²) in [5.41, 5.74) is -1.77. The Hall–Kier alpha value is -2.06. The van der Waals surface area contributed by atoms with Gasteiger partial charge in [-0.25, -0.2) is 0 Å². The molecule has 1 saturated carbocycles. The van der Waals surface area contributed by atoms with E-state index >= 15 is 0 Å². The lowest BCUT2D eigenvalue weighted by Crippen LogP contribution is -2.66. The second kappa shape index (κ2) is 5.74. The summed E-state index contributed by atoms with van der Waals surface area (Å²) >= 11 is 0. The molecule has 0 aromatic carbocycles. The van der Waals surface area contributed by atoms with Crippen molar-refractivity contribution in [3.8, 4) is 18.2 Å². The van der Waals surface area contributed by atoms with E-state index in [2.05, 4.69) is 12.1 Å². The molecule has 0 saturated heterocycles. The molecule has 5 nitrogen and oxygen atoms in total. The summed E-state index contributed by atoms with van der Waals surface area (Å²) in [6.07, 6.45) is 0. The van der Waals surface area contributed by atoms with Gasteiger partial charge in [0, 0.05) is 5.92 Å². The zero-order chi connectivity index (χ0) is 16.4. The first-order valence-electron chi connectivity index (χ1n) is 7.13. The minimum absolute atomic E-state index is 0.108. The number of carbonyl (C=O) groups excluding carboxylic acids is 1. The number of carbonyl (C=O) groups is 1. The van der Waals surface area contributed by atoms with Crippen molar-refractivity contribution in [2.45, 2.75) is 34.6 Å². The molecule has 0 aromatic heterocycles. The Morgan fingerprint density at radius 1 is 1.19 bits per heavy atom. The SMILES string of the molecule is CCOC(=O)[C@@H](C#N)[C@@H]1C(C)(C)[C@H](C(C)C)C1(C#N)C#N. The van der Waals surface area contributed by atoms with Crippen LogP contribution in [0.15, 0.2) is 0 Å². The minimum Gasteiger partial charge on any atom is -0.465 e. The largest absolute Gasteiger partial charge is 0.465 e. The van der Waals surface area contributed by atoms with Crippen LogP contribution in [0.3, 0.4) is 0 Å². The van der Waals surface area contributed by atoms with Crippen LogP contribution in [0.25, 0.3) is 0 Å². The van der Waals surface area contributed by atoms with Crippen molar-refractivity contribution in [1.82, 2.24) is 0 Å². The fraction of sp³-hybridized carbons (Fsp3) is 0.750. The molecular formula is C16H21N3O2. The van der Waals surface area contributed by atoms with Crippen LogP contribution < -0.4 is 0 Å². The van der Waals surface area contributed by atoms with Gasteiger partial charge in [0.1, 0.15) is 5.92 Å². The molecule has 1 aliphatic rings. The standard InChI is InChI=1S/C16H21N3O2/c1-6-21-14(20)11(7-17)13-15(4,5)12(10(2)3)16(13,8-18)9-19/h10-13H,6H2,1-5H3/t11-,12-,13+/m0/s1. The van der Waals surface area contributed by atoms with Gasteiger partial charge in [-0.1, -0.05) is 27.7 Å². The first kappa shape index (κ1) is 17.0. The average Bonchev–Trinajstić information content (AvgIpc) is 2.41. The summed E-state index contributed by atoms with van der Waals surface area (Å²) in [4.78, 5) is 12.0. The molecule has 1 rings (SSSR count). The van der Waals surface area contributed by atoms with Gasteiger partial charge >= 0.3 is 5.97 Å². The van der Waals surface area contributed by atoms with Crippen molar-refractivity contribution in [2.75, 3.05) is 6.61 Å². The lowest BCUT2D eigenvalue weighted by atomic mass is 9.36. The molecule has 0 unspecified atom stereocenters. The van der Waals surface area contributed by atoms with Crippen LogP contribution in [0.1, 0.15) is 34.6 Å². The van der Waals surface area contributed by atoms with E-state index in [0.717, 1.165) is 0 Å². The molecule has 112 valence electrons. The molecular weight excluding hydrogens is 266 g/mol. The van der Waals surface area contributed by atoms with Crippen molar-refractivity contribution in [3.05, 3.63) is 0 Å². The van der Waals surface area contributed by atoms with Gasteiger partial charge in [-0.05, 0) is 24.2 Å². The Kier molecular flexibility index (Phi) is 4.65. The highest BCUT2D eigenvalue weighted by atomic mass is 16.5. The maximum atomic E-state index is 12.0. The Balaban J connectivity index is 3.34. The molecule has 1 aliphatic carbocycles. The smallest absolute Gasteiger partial charge is 0.323 e. The highest BCUT2D eigenvalue weighted by Crippen LogP contribution is 2.68. The number of nitriles is 3. The summed E-state index contributed by atoms with van der Waals surface area (Å²) in [7, 11) is 0. The van der Waals surface area contributed by atoms with Crippen molar-refractivity contribution in [3.63, 3.8) is 0 Å². The van der Waals surface area contributed by atoms with Gasteiger partial charge in [0.25, 0.3) is 0 Å². The first-order valence-corrected chi connectivity index (χ1v) is 7.13. The quantitative estimate of drug-likeness (QED) is 0.740. The molecule has 21 heavy (non-hydrogen) atoms. The van der Waals surface area contributed by atoms with E-state index < -0.39 is 28.6 Å². The van der Waals surface area contributed by atoms with Crippen molar-refractivity contribution >= 4 is 5.97 Å². The Bertz CT molecular complexity index is 531. The van der Waals surface area contributed by atoms with E-state index in [1.165, 1.54) is 0 Å². The van der Waals surface area contributed by atoms with Crippen molar-refractivity contribution in [1.29, 1.82) is 15.8 Å². The molecule has 0 aromatic rings. The van der Waals surface area contributed by atoms with Gasteiger partial charge in [-0.15, -0.1) is 0 Å². The monoisotopic (exact) mass is 287 g/mol. The molecule has 3 atom stereocenters. The third-order valence-corrected chi connectivity index (χ3v) is 4.63. The normalized spacial score (nSPS) is 26.6. The lowest BCUT2D eigenvalue weighted by Gasteiger charge is -2.62. The molecule has 0 N–H and O–H groups in total. The number of nitrogens with zero attached hydrogens (tertiary/aromatic N) is 3. The van der Waals surface area contributed by atoms with Gasteiger partial charge in [0.15, 0.2) is 5.41 Å². The fourth-order valence-corrected chi connectivity index (χ4v) is 4.34. The topological polar surface area (TPSA) is 97.7 Å². The number of hydrogen-bond donors (Lipinski definition) is 0. The summed E-state index contributed by atoms with van der Waals surface area (Å²) in [5.74, 6) is -2.45. The Morgan fingerprint density at radius 2 is 1.71 bits per heavy atom. The fourth-order valence-electron chi connectivity index (χ4n) is 4.34. The van der Waals surface area contributed by atoms with Crippen molar-refractivity contribution in [2.24, 2.45) is 34.5 Å². The third-order valence-electron chi connectivity index (χ3n) is 4.63. The van der Waals surface area contributed by atoms with Gasteiger partial charge in [-0.2, -0.15) is 15.8 Å². The second-order valence-electron chi connectivity index (χ2n) is 6.47. The van der Waals surface area contributed by atoms with E-state index in [1.807, 2.05) is 33.8 Å². The van der Waals surface area contributed by atoms with E-state index in [4.69, 9.17) is 4.74 Å². The number of esters is 1. The number of rotatable bonds is 4. The van der Waals surface area contributed by atoms with Crippen LogP contribution in [0.5, 0.6) is 0 Å².